The van der Waals surface area contributed by atoms with Crippen LogP contribution in [-0.2, 0) is 0 Å². The monoisotopic (exact) mass is 213 g/mol. The number of nitrogens with zero attached hydrogens (tertiary/aromatic N) is 1. The number of rotatable bonds is 3. The molecule has 82 valence electrons. The molecule has 0 aromatic heterocycles. The average molecular weight is 213 g/mol. The summed E-state index contributed by atoms with van der Waals surface area (Å²) in [6.07, 6.45) is 0.766. The molecule has 0 bridgehead atoms. The highest BCUT2D eigenvalue weighted by molar-refractivity contribution is 5.76. The van der Waals surface area contributed by atoms with Crippen molar-refractivity contribution in [3.8, 4) is 11.5 Å². The predicted octanol–water partition coefficient (Wildman–Crippen LogP) is 1.66. The number of ether oxygens (including phenoxy) is 2. The van der Waals surface area contributed by atoms with E-state index < -0.39 is 0 Å². The highest BCUT2D eigenvalue weighted by Crippen LogP contribution is 2.26. The van der Waals surface area contributed by atoms with Crippen molar-refractivity contribution in [2.75, 3.05) is 14.2 Å². The van der Waals surface area contributed by atoms with E-state index in [2.05, 4.69) is 0 Å². The van der Waals surface area contributed by atoms with Crippen LogP contribution < -0.4 is 9.47 Å². The van der Waals surface area contributed by atoms with E-state index in [1.54, 1.807) is 25.3 Å². The van der Waals surface area contributed by atoms with Crippen molar-refractivity contribution in [2.45, 2.75) is 0 Å². The van der Waals surface area contributed by atoms with Gasteiger partial charge in [-0.25, -0.2) is 0 Å². The molecule has 0 amide bonds. The van der Waals surface area contributed by atoms with Crippen LogP contribution in [0.4, 0.5) is 0 Å². The first-order chi connectivity index (χ1) is 7.23. The molecule has 6 nitrogen and oxygen atoms in total. The van der Waals surface area contributed by atoms with Crippen LogP contribution in [0.2, 0.25) is 0 Å². The number of hydrogen-bond acceptors (Lipinski definition) is 5. The molecule has 1 rings (SSSR count). The third kappa shape index (κ3) is 4.08. The van der Waals surface area contributed by atoms with E-state index in [9.17, 15) is 4.79 Å². The van der Waals surface area contributed by atoms with Gasteiger partial charge in [0.1, 0.15) is 6.29 Å². The number of benzene rings is 1. The molecule has 0 saturated heterocycles. The van der Waals surface area contributed by atoms with E-state index in [0.29, 0.717) is 17.1 Å². The van der Waals surface area contributed by atoms with Crippen molar-refractivity contribution < 1.29 is 19.5 Å². The van der Waals surface area contributed by atoms with Gasteiger partial charge in [0.15, 0.2) is 16.8 Å². The number of hydrogen-bond donors (Lipinski definition) is 1. The van der Waals surface area contributed by atoms with Gasteiger partial charge in [0.05, 0.1) is 14.2 Å². The first kappa shape index (κ1) is 12.9. The van der Waals surface area contributed by atoms with Crippen LogP contribution in [0.25, 0.3) is 0 Å². The second-order valence-electron chi connectivity index (χ2n) is 2.31. The Hall–Kier alpha value is -2.11. The fourth-order valence-electron chi connectivity index (χ4n) is 0.926. The Morgan fingerprint density at radius 1 is 1.27 bits per heavy atom. The van der Waals surface area contributed by atoms with Gasteiger partial charge in [0, 0.05) is 5.56 Å². The van der Waals surface area contributed by atoms with Crippen LogP contribution in [0.15, 0.2) is 23.5 Å². The van der Waals surface area contributed by atoms with E-state index in [-0.39, 0.29) is 0 Å². The number of aldehydes is 1. The zero-order chi connectivity index (χ0) is 11.7. The highest BCUT2D eigenvalue weighted by Gasteiger charge is 2.02. The molecular formula is C9H11NO5. The van der Waals surface area contributed by atoms with Crippen molar-refractivity contribution in [2.24, 2.45) is 5.34 Å². The summed E-state index contributed by atoms with van der Waals surface area (Å²) in [4.78, 5) is 18.5. The average Bonchev–Trinajstić information content (AvgIpc) is 2.29. The molecule has 0 spiro atoms. The molecule has 1 aromatic carbocycles. The van der Waals surface area contributed by atoms with E-state index in [0.717, 1.165) is 6.29 Å². The van der Waals surface area contributed by atoms with Gasteiger partial charge in [-0.05, 0) is 18.2 Å². The lowest BCUT2D eigenvalue weighted by Crippen LogP contribution is -1.91. The fourth-order valence-corrected chi connectivity index (χ4v) is 0.926. The van der Waals surface area contributed by atoms with Gasteiger partial charge in [-0.2, -0.15) is 0 Å². The quantitative estimate of drug-likeness (QED) is 0.468. The van der Waals surface area contributed by atoms with E-state index in [1.807, 2.05) is 0 Å². The van der Waals surface area contributed by atoms with E-state index in [1.165, 1.54) is 12.4 Å². The first-order valence-electron chi connectivity index (χ1n) is 3.87. The molecule has 1 N–H and O–H groups in total. The van der Waals surface area contributed by atoms with Gasteiger partial charge in [-0.15, -0.1) is 4.91 Å². The van der Waals surface area contributed by atoms with E-state index in [4.69, 9.17) is 19.6 Å². The molecule has 0 heterocycles. The summed E-state index contributed by atoms with van der Waals surface area (Å²) in [5, 5.41) is 7.89. The Balaban J connectivity index is 0.000000583. The molecule has 0 aliphatic rings. The number of methoxy groups -OCH3 is 2. The Labute approximate surface area is 86.4 Å². The van der Waals surface area contributed by atoms with Crippen molar-refractivity contribution in [1.29, 1.82) is 0 Å². The maximum Gasteiger partial charge on any atom is 0.161 e. The Kier molecular flexibility index (Phi) is 6.28. The topological polar surface area (TPSA) is 85.2 Å². The summed E-state index contributed by atoms with van der Waals surface area (Å²) < 4.78 is 9.99. The lowest BCUT2D eigenvalue weighted by Gasteiger charge is -2.06. The predicted molar refractivity (Wildman–Crippen MR) is 52.5 cm³/mol. The molecule has 0 aliphatic carbocycles. The summed E-state index contributed by atoms with van der Waals surface area (Å²) in [7, 11) is 3.09. The van der Waals surface area contributed by atoms with Crippen LogP contribution in [-0.4, -0.2) is 25.7 Å². The third-order valence-corrected chi connectivity index (χ3v) is 1.54. The smallest absolute Gasteiger partial charge is 0.161 e. The second kappa shape index (κ2) is 7.31. The Bertz CT molecular complexity index is 326. The summed E-state index contributed by atoms with van der Waals surface area (Å²) in [5.74, 6) is 1.20. The molecule has 1 aromatic rings. The Morgan fingerprint density at radius 2 is 1.80 bits per heavy atom. The van der Waals surface area contributed by atoms with Gasteiger partial charge in [0.25, 0.3) is 0 Å². The molecule has 0 saturated carbocycles. The van der Waals surface area contributed by atoms with Gasteiger partial charge < -0.3 is 14.7 Å². The van der Waals surface area contributed by atoms with E-state index >= 15 is 0 Å². The normalized spacial score (nSPS) is 8.13. The van der Waals surface area contributed by atoms with Crippen LogP contribution in [0.3, 0.4) is 0 Å². The minimum atomic E-state index is 0.571. The molecule has 0 unspecified atom stereocenters. The minimum absolute atomic E-state index is 0.571. The van der Waals surface area contributed by atoms with Crippen LogP contribution in [0.5, 0.6) is 11.5 Å². The fraction of sp³-hybridized carbons (Fsp3) is 0.222. The maximum atomic E-state index is 10.4. The molecule has 0 fully saturated rings. The molecule has 6 heteroatoms. The maximum absolute atomic E-state index is 10.4. The van der Waals surface area contributed by atoms with Gasteiger partial charge in [0.2, 0.25) is 0 Å². The highest BCUT2D eigenvalue weighted by atomic mass is 16.6. The molecule has 0 radical (unpaired) electrons. The molecule has 0 aliphatic heterocycles. The van der Waals surface area contributed by atoms with Crippen molar-refractivity contribution in [1.82, 2.24) is 0 Å². The Morgan fingerprint density at radius 3 is 2.20 bits per heavy atom. The van der Waals surface area contributed by atoms with Crippen molar-refractivity contribution in [3.05, 3.63) is 28.7 Å². The number of carbonyl (C=O) groups excluding carboxylic acids is 1. The summed E-state index contributed by atoms with van der Waals surface area (Å²) in [6.45, 7) is 0. The SMILES string of the molecule is COc1ccc(C=O)cc1OC.O=NO. The first-order valence-corrected chi connectivity index (χ1v) is 3.87. The van der Waals surface area contributed by atoms with Crippen molar-refractivity contribution in [3.63, 3.8) is 0 Å². The summed E-state index contributed by atoms with van der Waals surface area (Å²) in [5.41, 5.74) is 0.577. The standard InChI is InChI=1S/C9H10O3.HNO2/c1-11-8-4-3-7(6-10)5-9(8)12-2;2-1-3/h3-6H,1-2H3;(H,2,3). The number of carbonyl (C=O) groups is 1. The summed E-state index contributed by atoms with van der Waals surface area (Å²) >= 11 is 0. The van der Waals surface area contributed by atoms with Crippen molar-refractivity contribution >= 4 is 6.29 Å². The molecule has 0 atom stereocenters. The minimum Gasteiger partial charge on any atom is -0.493 e. The van der Waals surface area contributed by atoms with Crippen LogP contribution >= 0.6 is 0 Å². The van der Waals surface area contributed by atoms with Gasteiger partial charge in [-0.3, -0.25) is 4.79 Å². The largest absolute Gasteiger partial charge is 0.493 e. The van der Waals surface area contributed by atoms with Gasteiger partial charge in [-0.1, -0.05) is 0 Å². The van der Waals surface area contributed by atoms with Gasteiger partial charge >= 0.3 is 0 Å². The van der Waals surface area contributed by atoms with Crippen LogP contribution in [0, 0.1) is 4.91 Å². The lowest BCUT2D eigenvalue weighted by atomic mass is 10.2. The molecular weight excluding hydrogens is 202 g/mol. The zero-order valence-electron chi connectivity index (χ0n) is 8.34. The second-order valence-corrected chi connectivity index (χ2v) is 2.31. The zero-order valence-corrected chi connectivity index (χ0v) is 8.34. The third-order valence-electron chi connectivity index (χ3n) is 1.54. The molecule has 15 heavy (non-hydrogen) atoms. The van der Waals surface area contributed by atoms with Crippen LogP contribution in [0.1, 0.15) is 10.4 Å². The summed E-state index contributed by atoms with van der Waals surface area (Å²) in [6, 6.07) is 5.00. The lowest BCUT2D eigenvalue weighted by molar-refractivity contribution is 0.112.